The molecule has 0 spiro atoms. The van der Waals surface area contributed by atoms with Crippen LogP contribution in [0, 0.1) is 5.82 Å². The van der Waals surface area contributed by atoms with Crippen molar-refractivity contribution in [1.82, 2.24) is 9.97 Å². The summed E-state index contributed by atoms with van der Waals surface area (Å²) in [6, 6.07) is 17.6. The third-order valence-corrected chi connectivity index (χ3v) is 6.95. The van der Waals surface area contributed by atoms with Crippen LogP contribution in [0.4, 0.5) is 15.9 Å². The second-order valence-electron chi connectivity index (χ2n) is 7.86. The molecule has 0 amide bonds. The highest BCUT2D eigenvalue weighted by molar-refractivity contribution is 7.25. The van der Waals surface area contributed by atoms with Crippen LogP contribution in [0.15, 0.2) is 67.0 Å². The molecule has 9 heteroatoms. The number of hydrogen-bond acceptors (Lipinski definition) is 7. The quantitative estimate of drug-likeness (QED) is 0.244. The smallest absolute Gasteiger partial charge is 0.143 e. The highest BCUT2D eigenvalue weighted by Gasteiger charge is 2.16. The lowest BCUT2D eigenvalue weighted by Crippen LogP contribution is -2.05. The van der Waals surface area contributed by atoms with Crippen LogP contribution in [0.25, 0.3) is 20.3 Å². The van der Waals surface area contributed by atoms with Crippen molar-refractivity contribution < 1.29 is 19.0 Å². The predicted octanol–water partition coefficient (Wildman–Crippen LogP) is 6.64. The third-order valence-electron chi connectivity index (χ3n) is 5.59. The van der Waals surface area contributed by atoms with Crippen molar-refractivity contribution in [2.45, 2.75) is 12.7 Å². The number of aromatic nitrogens is 2. The summed E-state index contributed by atoms with van der Waals surface area (Å²) in [7, 11) is 1.58. The van der Waals surface area contributed by atoms with Crippen LogP contribution in [0.2, 0.25) is 5.02 Å². The first-order chi connectivity index (χ1) is 17.1. The fourth-order valence-electron chi connectivity index (χ4n) is 3.85. The summed E-state index contributed by atoms with van der Waals surface area (Å²) in [5.74, 6) is 0.848. The second-order valence-corrected chi connectivity index (χ2v) is 9.29. The number of aliphatic hydroxyl groups excluding tert-OH is 1. The molecule has 2 aromatic heterocycles. The molecule has 0 aliphatic rings. The number of nitrogens with one attached hydrogen (secondary N) is 1. The van der Waals surface area contributed by atoms with E-state index in [2.05, 4.69) is 15.3 Å². The average molecular weight is 510 g/mol. The summed E-state index contributed by atoms with van der Waals surface area (Å²) in [5, 5.41) is 15.2. The van der Waals surface area contributed by atoms with E-state index < -0.39 is 0 Å². The van der Waals surface area contributed by atoms with Crippen LogP contribution >= 0.6 is 22.9 Å². The van der Waals surface area contributed by atoms with E-state index in [-0.39, 0.29) is 25.1 Å². The van der Waals surface area contributed by atoms with Gasteiger partial charge in [0.2, 0.25) is 0 Å². The number of ether oxygens (including phenoxy) is 2. The van der Waals surface area contributed by atoms with Crippen molar-refractivity contribution in [3.63, 3.8) is 0 Å². The molecule has 0 unspecified atom stereocenters. The first-order valence-electron chi connectivity index (χ1n) is 10.8. The lowest BCUT2D eigenvalue weighted by molar-refractivity contribution is 0.0485. The van der Waals surface area contributed by atoms with Gasteiger partial charge >= 0.3 is 0 Å². The monoisotopic (exact) mass is 509 g/mol. The maximum atomic E-state index is 13.4. The van der Waals surface area contributed by atoms with E-state index in [1.54, 1.807) is 42.7 Å². The maximum Gasteiger partial charge on any atom is 0.143 e. The predicted molar refractivity (Wildman–Crippen MR) is 137 cm³/mol. The van der Waals surface area contributed by atoms with Crippen LogP contribution in [-0.4, -0.2) is 28.8 Å². The number of benzene rings is 3. The molecule has 6 nitrogen and oxygen atoms in total. The standard InChI is InChI=1S/C26H21ClFN3O3S/c1-33-22(12-32)16-5-7-19-23(10-16)35-26-24(19)25(29-14-30-26)31-18-6-8-21(20(27)11-18)34-13-15-3-2-4-17(28)9-15/h2-11,14,22,32H,12-13H2,1H3,(H,29,30,31)/t22-/m1/s1. The number of anilines is 2. The highest BCUT2D eigenvalue weighted by atomic mass is 35.5. The van der Waals surface area contributed by atoms with E-state index in [4.69, 9.17) is 21.1 Å². The Balaban J connectivity index is 1.40. The van der Waals surface area contributed by atoms with E-state index in [9.17, 15) is 9.50 Å². The molecular weight excluding hydrogens is 489 g/mol. The number of fused-ring (bicyclic) bond motifs is 3. The van der Waals surface area contributed by atoms with Crippen LogP contribution in [0.5, 0.6) is 5.75 Å². The van der Waals surface area contributed by atoms with Crippen LogP contribution in [0.1, 0.15) is 17.2 Å². The highest BCUT2D eigenvalue weighted by Crippen LogP contribution is 2.39. The largest absolute Gasteiger partial charge is 0.487 e. The van der Waals surface area contributed by atoms with Crippen molar-refractivity contribution in [2.75, 3.05) is 19.0 Å². The zero-order valence-electron chi connectivity index (χ0n) is 18.7. The molecule has 3 aromatic carbocycles. The van der Waals surface area contributed by atoms with Crippen LogP contribution in [-0.2, 0) is 11.3 Å². The number of thiophene rings is 1. The molecule has 5 rings (SSSR count). The van der Waals surface area contributed by atoms with Crippen molar-refractivity contribution in [2.24, 2.45) is 0 Å². The van der Waals surface area contributed by atoms with E-state index in [0.29, 0.717) is 16.6 Å². The van der Waals surface area contributed by atoms with Gasteiger partial charge < -0.3 is 19.9 Å². The molecule has 35 heavy (non-hydrogen) atoms. The Kier molecular flexibility index (Phi) is 6.79. The summed E-state index contributed by atoms with van der Waals surface area (Å²) in [5.41, 5.74) is 2.36. The van der Waals surface area contributed by atoms with Crippen molar-refractivity contribution in [3.05, 3.63) is 89.0 Å². The Labute approximate surface area is 209 Å². The van der Waals surface area contributed by atoms with Gasteiger partial charge in [0.25, 0.3) is 0 Å². The summed E-state index contributed by atoms with van der Waals surface area (Å²) in [4.78, 5) is 9.74. The van der Waals surface area contributed by atoms with E-state index >= 15 is 0 Å². The zero-order chi connectivity index (χ0) is 24.4. The average Bonchev–Trinajstić information content (AvgIpc) is 3.23. The molecule has 2 N–H and O–H groups in total. The fourth-order valence-corrected chi connectivity index (χ4v) is 5.18. The zero-order valence-corrected chi connectivity index (χ0v) is 20.2. The Hall–Kier alpha value is -3.30. The molecule has 0 aliphatic heterocycles. The fraction of sp³-hybridized carbons (Fsp3) is 0.154. The van der Waals surface area contributed by atoms with Gasteiger partial charge in [0.15, 0.2) is 0 Å². The van der Waals surface area contributed by atoms with Gasteiger partial charge in [-0.3, -0.25) is 0 Å². The number of nitrogens with zero attached hydrogens (tertiary/aromatic N) is 2. The molecule has 0 bridgehead atoms. The molecule has 0 saturated carbocycles. The minimum Gasteiger partial charge on any atom is -0.487 e. The SMILES string of the molecule is CO[C@H](CO)c1ccc2c(c1)sc1ncnc(Nc3ccc(OCc4cccc(F)c4)c(Cl)c3)c12. The van der Waals surface area contributed by atoms with E-state index in [0.717, 1.165) is 37.1 Å². The van der Waals surface area contributed by atoms with Crippen molar-refractivity contribution in [3.8, 4) is 5.75 Å². The summed E-state index contributed by atoms with van der Waals surface area (Å²) >= 11 is 8.01. The second kappa shape index (κ2) is 10.1. The Morgan fingerprint density at radius 1 is 1.11 bits per heavy atom. The molecule has 1 atom stereocenters. The van der Waals surface area contributed by atoms with E-state index in [1.807, 2.05) is 24.3 Å². The van der Waals surface area contributed by atoms with Gasteiger partial charge in [-0.1, -0.05) is 35.9 Å². The number of methoxy groups -OCH3 is 1. The first kappa shape index (κ1) is 23.4. The Morgan fingerprint density at radius 2 is 2.00 bits per heavy atom. The van der Waals surface area contributed by atoms with Gasteiger partial charge in [0, 0.05) is 22.9 Å². The summed E-state index contributed by atoms with van der Waals surface area (Å²) in [6.07, 6.45) is 1.14. The molecule has 0 fully saturated rings. The van der Waals surface area contributed by atoms with Gasteiger partial charge in [-0.2, -0.15) is 0 Å². The Bertz CT molecular complexity index is 1510. The molecule has 0 radical (unpaired) electrons. The molecule has 0 aliphatic carbocycles. The number of hydrogen-bond donors (Lipinski definition) is 2. The lowest BCUT2D eigenvalue weighted by Gasteiger charge is -2.13. The minimum atomic E-state index is -0.378. The summed E-state index contributed by atoms with van der Waals surface area (Å²) in [6.45, 7) is 0.113. The van der Waals surface area contributed by atoms with Gasteiger partial charge in [-0.15, -0.1) is 11.3 Å². The molecule has 5 aromatic rings. The van der Waals surface area contributed by atoms with Gasteiger partial charge in [0.1, 0.15) is 41.3 Å². The van der Waals surface area contributed by atoms with E-state index in [1.165, 1.54) is 18.5 Å². The summed E-state index contributed by atoms with van der Waals surface area (Å²) < 4.78 is 25.5. The molecule has 0 saturated heterocycles. The van der Waals surface area contributed by atoms with Crippen LogP contribution < -0.4 is 10.1 Å². The topological polar surface area (TPSA) is 76.5 Å². The molecular formula is C26H21ClFN3O3S. The lowest BCUT2D eigenvalue weighted by atomic mass is 10.1. The molecule has 178 valence electrons. The van der Waals surface area contributed by atoms with Gasteiger partial charge in [-0.05, 0) is 47.5 Å². The van der Waals surface area contributed by atoms with Crippen molar-refractivity contribution >= 4 is 54.7 Å². The first-order valence-corrected chi connectivity index (χ1v) is 12.0. The number of halogens is 2. The van der Waals surface area contributed by atoms with Gasteiger partial charge in [-0.25, -0.2) is 14.4 Å². The van der Waals surface area contributed by atoms with Crippen molar-refractivity contribution in [1.29, 1.82) is 0 Å². The minimum absolute atomic E-state index is 0.0950. The molecule has 2 heterocycles. The Morgan fingerprint density at radius 3 is 2.77 bits per heavy atom. The van der Waals surface area contributed by atoms with Crippen LogP contribution in [0.3, 0.4) is 0 Å². The normalized spacial score (nSPS) is 12.2. The number of rotatable bonds is 8. The van der Waals surface area contributed by atoms with Gasteiger partial charge in [0.05, 0.1) is 17.0 Å². The maximum absolute atomic E-state index is 13.4. The third kappa shape index (κ3) is 4.92. The number of aliphatic hydroxyl groups is 1.